The van der Waals surface area contributed by atoms with Crippen LogP contribution >= 0.6 is 0 Å². The number of nitriles is 1. The second-order valence-corrected chi connectivity index (χ2v) is 8.72. The number of ether oxygens (including phenoxy) is 1. The lowest BCUT2D eigenvalue weighted by atomic mass is 9.87. The van der Waals surface area contributed by atoms with Crippen LogP contribution in [0, 0.1) is 22.7 Å². The van der Waals surface area contributed by atoms with E-state index in [1.165, 1.54) is 5.56 Å². The number of carboxylic acids is 1. The summed E-state index contributed by atoms with van der Waals surface area (Å²) in [6, 6.07) is 9.92. The van der Waals surface area contributed by atoms with E-state index in [1.807, 2.05) is 29.2 Å². The topological polar surface area (TPSA) is 93.9 Å². The van der Waals surface area contributed by atoms with Crippen LogP contribution in [0.15, 0.2) is 24.3 Å². The average molecular weight is 455 g/mol. The molecular formula is C22H28F3N3O4. The summed E-state index contributed by atoms with van der Waals surface area (Å²) in [5, 5.41) is 16.0. The third-order valence-corrected chi connectivity index (χ3v) is 5.24. The van der Waals surface area contributed by atoms with E-state index in [2.05, 4.69) is 24.8 Å². The van der Waals surface area contributed by atoms with Crippen LogP contribution in [0.25, 0.3) is 0 Å². The number of hydrogen-bond acceptors (Lipinski definition) is 5. The number of alkyl halides is 3. The van der Waals surface area contributed by atoms with Crippen molar-refractivity contribution in [1.29, 1.82) is 5.26 Å². The SMILES string of the molecule is CC(C)CN1CC2(COCCN(Cc3ccc(C#N)cc3)C2)CC1=O.O=C(O)C(F)(F)F. The smallest absolute Gasteiger partial charge is 0.475 e. The van der Waals surface area contributed by atoms with E-state index < -0.39 is 12.1 Å². The monoisotopic (exact) mass is 455 g/mol. The number of carboxylic acid groups (broad SMARTS) is 1. The van der Waals surface area contributed by atoms with Crippen molar-refractivity contribution >= 4 is 11.9 Å². The number of amides is 1. The van der Waals surface area contributed by atoms with E-state index in [-0.39, 0.29) is 11.3 Å². The number of carbonyl (C=O) groups is 2. The molecule has 1 amide bonds. The van der Waals surface area contributed by atoms with E-state index >= 15 is 0 Å². The fourth-order valence-corrected chi connectivity index (χ4v) is 3.95. The van der Waals surface area contributed by atoms with Crippen LogP contribution in [0.5, 0.6) is 0 Å². The number of aliphatic carboxylic acids is 1. The summed E-state index contributed by atoms with van der Waals surface area (Å²) in [7, 11) is 0. The molecule has 1 aromatic rings. The zero-order valence-electron chi connectivity index (χ0n) is 18.2. The van der Waals surface area contributed by atoms with Gasteiger partial charge < -0.3 is 14.7 Å². The normalized spacial score (nSPS) is 21.8. The van der Waals surface area contributed by atoms with Crippen molar-refractivity contribution in [2.45, 2.75) is 33.0 Å². The molecule has 0 bridgehead atoms. The van der Waals surface area contributed by atoms with Gasteiger partial charge in [0.25, 0.3) is 0 Å². The summed E-state index contributed by atoms with van der Waals surface area (Å²) in [5.41, 5.74) is 1.79. The van der Waals surface area contributed by atoms with Crippen molar-refractivity contribution in [2.24, 2.45) is 11.3 Å². The molecule has 1 atom stereocenters. The molecule has 10 heteroatoms. The molecule has 0 radical (unpaired) electrons. The first kappa shape index (κ1) is 25.6. The Morgan fingerprint density at radius 1 is 1.28 bits per heavy atom. The summed E-state index contributed by atoms with van der Waals surface area (Å²) < 4.78 is 37.6. The van der Waals surface area contributed by atoms with Gasteiger partial charge in [0.2, 0.25) is 5.91 Å². The molecule has 1 aromatic carbocycles. The fraction of sp³-hybridized carbons (Fsp3) is 0.591. The lowest BCUT2D eigenvalue weighted by Crippen LogP contribution is -2.41. The third-order valence-electron chi connectivity index (χ3n) is 5.24. The first-order valence-corrected chi connectivity index (χ1v) is 10.3. The minimum Gasteiger partial charge on any atom is -0.475 e. The van der Waals surface area contributed by atoms with Gasteiger partial charge in [-0.2, -0.15) is 18.4 Å². The van der Waals surface area contributed by atoms with E-state index in [9.17, 15) is 18.0 Å². The molecule has 1 unspecified atom stereocenters. The van der Waals surface area contributed by atoms with E-state index in [0.717, 1.165) is 32.7 Å². The number of benzene rings is 1. The highest BCUT2D eigenvalue weighted by atomic mass is 19.4. The highest BCUT2D eigenvalue weighted by molar-refractivity contribution is 5.79. The molecule has 176 valence electrons. The summed E-state index contributed by atoms with van der Waals surface area (Å²) in [6.07, 6.45) is -4.50. The Bertz CT molecular complexity index is 836. The minimum absolute atomic E-state index is 0.0882. The van der Waals surface area contributed by atoms with Crippen molar-refractivity contribution in [3.05, 3.63) is 35.4 Å². The molecule has 0 aromatic heterocycles. The van der Waals surface area contributed by atoms with Crippen LogP contribution in [-0.4, -0.2) is 72.4 Å². The van der Waals surface area contributed by atoms with Gasteiger partial charge in [-0.25, -0.2) is 4.79 Å². The molecule has 2 heterocycles. The fourth-order valence-electron chi connectivity index (χ4n) is 3.95. The molecule has 7 nitrogen and oxygen atoms in total. The quantitative estimate of drug-likeness (QED) is 0.751. The molecule has 0 saturated carbocycles. The Hall–Kier alpha value is -2.64. The summed E-state index contributed by atoms with van der Waals surface area (Å²) >= 11 is 0. The van der Waals surface area contributed by atoms with E-state index in [0.29, 0.717) is 31.1 Å². The zero-order chi connectivity index (χ0) is 23.9. The number of nitrogens with zero attached hydrogens (tertiary/aromatic N) is 3. The highest BCUT2D eigenvalue weighted by Crippen LogP contribution is 2.35. The first-order valence-electron chi connectivity index (χ1n) is 10.3. The van der Waals surface area contributed by atoms with E-state index in [1.54, 1.807) is 0 Å². The zero-order valence-corrected chi connectivity index (χ0v) is 18.2. The highest BCUT2D eigenvalue weighted by Gasteiger charge is 2.45. The molecule has 2 aliphatic heterocycles. The van der Waals surface area contributed by atoms with Gasteiger partial charge in [0.05, 0.1) is 24.8 Å². The van der Waals surface area contributed by atoms with Crippen LogP contribution in [0.1, 0.15) is 31.4 Å². The molecule has 1 N–H and O–H groups in total. The Morgan fingerprint density at radius 3 is 2.44 bits per heavy atom. The van der Waals surface area contributed by atoms with Gasteiger partial charge in [0, 0.05) is 44.6 Å². The number of hydrogen-bond donors (Lipinski definition) is 1. The molecule has 2 fully saturated rings. The predicted molar refractivity (Wildman–Crippen MR) is 109 cm³/mol. The predicted octanol–water partition coefficient (Wildman–Crippen LogP) is 2.90. The summed E-state index contributed by atoms with van der Waals surface area (Å²) in [5.74, 6) is -2.01. The van der Waals surface area contributed by atoms with E-state index in [4.69, 9.17) is 19.9 Å². The Labute approximate surface area is 185 Å². The first-order chi connectivity index (χ1) is 14.9. The lowest BCUT2D eigenvalue weighted by molar-refractivity contribution is -0.192. The van der Waals surface area contributed by atoms with Crippen LogP contribution in [0.4, 0.5) is 13.2 Å². The number of likely N-dealkylation sites (tertiary alicyclic amines) is 1. The lowest BCUT2D eigenvalue weighted by Gasteiger charge is -2.31. The molecule has 32 heavy (non-hydrogen) atoms. The van der Waals surface area contributed by atoms with Crippen molar-refractivity contribution in [2.75, 3.05) is 39.4 Å². The third kappa shape index (κ3) is 7.50. The summed E-state index contributed by atoms with van der Waals surface area (Å²) in [4.78, 5) is 25.8. The van der Waals surface area contributed by atoms with Gasteiger partial charge in [0.1, 0.15) is 0 Å². The Kier molecular flexibility index (Phi) is 8.64. The van der Waals surface area contributed by atoms with Crippen LogP contribution in [0.3, 0.4) is 0 Å². The maximum Gasteiger partial charge on any atom is 0.490 e. The Morgan fingerprint density at radius 2 is 1.91 bits per heavy atom. The number of carbonyl (C=O) groups excluding carboxylic acids is 1. The van der Waals surface area contributed by atoms with Gasteiger partial charge in [-0.15, -0.1) is 0 Å². The maximum absolute atomic E-state index is 12.5. The van der Waals surface area contributed by atoms with Crippen molar-refractivity contribution in [1.82, 2.24) is 9.80 Å². The van der Waals surface area contributed by atoms with Crippen LogP contribution < -0.4 is 0 Å². The Balaban J connectivity index is 0.000000451. The molecule has 1 spiro atoms. The van der Waals surface area contributed by atoms with Crippen molar-refractivity contribution in [3.8, 4) is 6.07 Å². The molecule has 0 aliphatic carbocycles. The number of halogens is 3. The average Bonchev–Trinajstić information content (AvgIpc) is 2.86. The van der Waals surface area contributed by atoms with Gasteiger partial charge in [-0.05, 0) is 23.6 Å². The van der Waals surface area contributed by atoms with Gasteiger partial charge in [0.15, 0.2) is 0 Å². The van der Waals surface area contributed by atoms with Crippen molar-refractivity contribution < 1.29 is 32.6 Å². The van der Waals surface area contributed by atoms with Crippen LogP contribution in [-0.2, 0) is 20.9 Å². The second-order valence-electron chi connectivity index (χ2n) is 8.72. The maximum atomic E-state index is 12.5. The molecular weight excluding hydrogens is 427 g/mol. The van der Waals surface area contributed by atoms with Gasteiger partial charge in [-0.1, -0.05) is 26.0 Å². The van der Waals surface area contributed by atoms with Gasteiger partial charge >= 0.3 is 12.1 Å². The molecule has 2 aliphatic rings. The standard InChI is InChI=1S/C20H27N3O2.C2HF3O2/c1-16(2)11-23-14-20(9-19(23)24)13-22(7-8-25-15-20)12-18-5-3-17(10-21)4-6-18;3-2(4,5)1(6)7/h3-6,16H,7-9,11-15H2,1-2H3;(H,6,7). The second kappa shape index (κ2) is 10.8. The van der Waals surface area contributed by atoms with Gasteiger partial charge in [-0.3, -0.25) is 9.69 Å². The van der Waals surface area contributed by atoms with Crippen molar-refractivity contribution in [3.63, 3.8) is 0 Å². The molecule has 2 saturated heterocycles. The molecule has 3 rings (SSSR count). The summed E-state index contributed by atoms with van der Waals surface area (Å²) in [6.45, 7) is 9.89. The number of rotatable bonds is 4. The minimum atomic E-state index is -5.08. The largest absolute Gasteiger partial charge is 0.490 e. The van der Waals surface area contributed by atoms with Crippen LogP contribution in [0.2, 0.25) is 0 Å².